The van der Waals surface area contributed by atoms with E-state index in [0.29, 0.717) is 5.75 Å². The summed E-state index contributed by atoms with van der Waals surface area (Å²) < 4.78 is 10.8. The SMILES string of the molecule is COc1ccc([C@H]2CCCN2C(=O)CSc2ncnc3sccc23)c(OC)c1. The lowest BCUT2D eigenvalue weighted by molar-refractivity contribution is -0.129. The maximum absolute atomic E-state index is 13.0. The average molecular weight is 416 g/mol. The van der Waals surface area contributed by atoms with Crippen LogP contribution in [0.25, 0.3) is 10.2 Å². The van der Waals surface area contributed by atoms with Crippen LogP contribution in [0.3, 0.4) is 0 Å². The Kier molecular flexibility index (Phi) is 5.68. The third-order valence-corrected chi connectivity index (χ3v) is 6.74. The summed E-state index contributed by atoms with van der Waals surface area (Å²) in [6, 6.07) is 7.83. The summed E-state index contributed by atoms with van der Waals surface area (Å²) in [6.45, 7) is 0.761. The minimum absolute atomic E-state index is 0.0283. The molecule has 6 nitrogen and oxygen atoms in total. The summed E-state index contributed by atoms with van der Waals surface area (Å²) in [4.78, 5) is 24.5. The number of carbonyl (C=O) groups excluding carboxylic acids is 1. The fraction of sp³-hybridized carbons (Fsp3) is 0.350. The maximum atomic E-state index is 13.0. The zero-order valence-corrected chi connectivity index (χ0v) is 17.4. The Labute approximate surface area is 171 Å². The van der Waals surface area contributed by atoms with E-state index in [0.717, 1.165) is 51.7 Å². The summed E-state index contributed by atoms with van der Waals surface area (Å²) in [5.74, 6) is 1.98. The summed E-state index contributed by atoms with van der Waals surface area (Å²) in [7, 11) is 3.28. The number of nitrogens with zero attached hydrogens (tertiary/aromatic N) is 3. The number of ether oxygens (including phenoxy) is 2. The molecule has 8 heteroatoms. The van der Waals surface area contributed by atoms with Crippen LogP contribution in [0.4, 0.5) is 0 Å². The van der Waals surface area contributed by atoms with Gasteiger partial charge >= 0.3 is 0 Å². The van der Waals surface area contributed by atoms with Crippen molar-refractivity contribution >= 4 is 39.2 Å². The Hall–Kier alpha value is -2.32. The fourth-order valence-corrected chi connectivity index (χ4v) is 5.24. The molecular formula is C20H21N3O3S2. The number of thioether (sulfide) groups is 1. The number of likely N-dealkylation sites (tertiary alicyclic amines) is 1. The zero-order valence-electron chi connectivity index (χ0n) is 15.8. The predicted molar refractivity (Wildman–Crippen MR) is 111 cm³/mol. The van der Waals surface area contributed by atoms with Crippen LogP contribution in [0, 0.1) is 0 Å². The second-order valence-electron chi connectivity index (χ2n) is 6.46. The van der Waals surface area contributed by atoms with Gasteiger partial charge in [0.15, 0.2) is 0 Å². The van der Waals surface area contributed by atoms with Crippen molar-refractivity contribution in [3.8, 4) is 11.5 Å². The number of fused-ring (bicyclic) bond motifs is 1. The quantitative estimate of drug-likeness (QED) is 0.445. The molecular weight excluding hydrogens is 394 g/mol. The van der Waals surface area contributed by atoms with Gasteiger partial charge in [0, 0.05) is 23.6 Å². The molecule has 1 atom stereocenters. The highest BCUT2D eigenvalue weighted by Gasteiger charge is 2.32. The summed E-state index contributed by atoms with van der Waals surface area (Å²) >= 11 is 3.06. The van der Waals surface area contributed by atoms with Gasteiger partial charge < -0.3 is 14.4 Å². The number of thiophene rings is 1. The molecule has 3 heterocycles. The molecule has 3 aromatic rings. The summed E-state index contributed by atoms with van der Waals surface area (Å²) in [5.41, 5.74) is 1.03. The van der Waals surface area contributed by atoms with Gasteiger partial charge in [-0.05, 0) is 36.4 Å². The third-order valence-electron chi connectivity index (χ3n) is 4.93. The van der Waals surface area contributed by atoms with Crippen LogP contribution in [0.15, 0.2) is 41.0 Å². The lowest BCUT2D eigenvalue weighted by Crippen LogP contribution is -2.32. The molecule has 0 saturated carbocycles. The van der Waals surface area contributed by atoms with Crippen LogP contribution in [0.5, 0.6) is 11.5 Å². The highest BCUT2D eigenvalue weighted by atomic mass is 32.2. The van der Waals surface area contributed by atoms with Crippen molar-refractivity contribution in [3.63, 3.8) is 0 Å². The molecule has 1 aliphatic heterocycles. The molecule has 0 N–H and O–H groups in total. The minimum atomic E-state index is 0.0283. The van der Waals surface area contributed by atoms with Gasteiger partial charge in [0.05, 0.1) is 26.0 Å². The van der Waals surface area contributed by atoms with Gasteiger partial charge in [-0.3, -0.25) is 4.79 Å². The van der Waals surface area contributed by atoms with Crippen molar-refractivity contribution in [1.82, 2.24) is 14.9 Å². The van der Waals surface area contributed by atoms with E-state index in [1.54, 1.807) is 31.9 Å². The van der Waals surface area contributed by atoms with Crippen LogP contribution in [0.1, 0.15) is 24.4 Å². The third kappa shape index (κ3) is 3.66. The van der Waals surface area contributed by atoms with Crippen LogP contribution in [0.2, 0.25) is 0 Å². The molecule has 1 aliphatic rings. The number of amides is 1. The molecule has 0 unspecified atom stereocenters. The molecule has 28 heavy (non-hydrogen) atoms. The van der Waals surface area contributed by atoms with Crippen LogP contribution < -0.4 is 9.47 Å². The average Bonchev–Trinajstić information content (AvgIpc) is 3.41. The van der Waals surface area contributed by atoms with Crippen molar-refractivity contribution in [1.29, 1.82) is 0 Å². The fourth-order valence-electron chi connectivity index (χ4n) is 3.58. The van der Waals surface area contributed by atoms with Crippen molar-refractivity contribution in [2.75, 3.05) is 26.5 Å². The van der Waals surface area contributed by atoms with Crippen LogP contribution in [-0.4, -0.2) is 47.3 Å². The lowest BCUT2D eigenvalue weighted by Gasteiger charge is -2.26. The first-order chi connectivity index (χ1) is 13.7. The first kappa shape index (κ1) is 19.0. The molecule has 1 saturated heterocycles. The Morgan fingerprint density at radius 3 is 3.00 bits per heavy atom. The van der Waals surface area contributed by atoms with Gasteiger partial charge in [-0.25, -0.2) is 9.97 Å². The van der Waals surface area contributed by atoms with Crippen molar-refractivity contribution in [3.05, 3.63) is 41.5 Å². The van der Waals surface area contributed by atoms with E-state index in [1.807, 2.05) is 34.5 Å². The highest BCUT2D eigenvalue weighted by Crippen LogP contribution is 2.39. The molecule has 0 bridgehead atoms. The first-order valence-electron chi connectivity index (χ1n) is 9.03. The standard InChI is InChI=1S/C20H21N3O3S2/c1-25-13-5-6-14(17(10-13)26-2)16-4-3-8-23(16)18(24)11-28-20-15-7-9-27-19(15)21-12-22-20/h5-7,9-10,12,16H,3-4,8,11H2,1-2H3/t16-/m1/s1. The largest absolute Gasteiger partial charge is 0.497 e. The molecule has 146 valence electrons. The van der Waals surface area contributed by atoms with E-state index in [-0.39, 0.29) is 11.9 Å². The normalized spacial score (nSPS) is 16.5. The van der Waals surface area contributed by atoms with Crippen LogP contribution in [-0.2, 0) is 4.79 Å². The summed E-state index contributed by atoms with van der Waals surface area (Å²) in [5, 5.41) is 3.87. The Morgan fingerprint density at radius 1 is 1.29 bits per heavy atom. The van der Waals surface area contributed by atoms with E-state index >= 15 is 0 Å². The number of hydrogen-bond acceptors (Lipinski definition) is 7. The molecule has 2 aromatic heterocycles. The second-order valence-corrected chi connectivity index (χ2v) is 8.32. The van der Waals surface area contributed by atoms with E-state index in [4.69, 9.17) is 9.47 Å². The summed E-state index contributed by atoms with van der Waals surface area (Å²) in [6.07, 6.45) is 3.48. The van der Waals surface area contributed by atoms with Gasteiger partial charge in [-0.15, -0.1) is 11.3 Å². The van der Waals surface area contributed by atoms with Gasteiger partial charge in [0.25, 0.3) is 0 Å². The molecule has 1 aromatic carbocycles. The van der Waals surface area contributed by atoms with Crippen LogP contribution >= 0.6 is 23.1 Å². The van der Waals surface area contributed by atoms with Gasteiger partial charge in [-0.2, -0.15) is 0 Å². The number of hydrogen-bond donors (Lipinski definition) is 0. The number of rotatable bonds is 6. The Balaban J connectivity index is 1.50. The first-order valence-corrected chi connectivity index (χ1v) is 10.9. The minimum Gasteiger partial charge on any atom is -0.497 e. The van der Waals surface area contributed by atoms with Crippen molar-refractivity contribution < 1.29 is 14.3 Å². The van der Waals surface area contributed by atoms with Gasteiger partial charge in [0.1, 0.15) is 27.7 Å². The predicted octanol–water partition coefficient (Wildman–Crippen LogP) is 4.16. The molecule has 0 radical (unpaired) electrons. The zero-order chi connectivity index (χ0) is 19.5. The molecule has 0 spiro atoms. The van der Waals surface area contributed by atoms with Gasteiger partial charge in [-0.1, -0.05) is 11.8 Å². The Morgan fingerprint density at radius 2 is 2.18 bits per heavy atom. The highest BCUT2D eigenvalue weighted by molar-refractivity contribution is 8.00. The topological polar surface area (TPSA) is 64.5 Å². The number of carbonyl (C=O) groups is 1. The maximum Gasteiger partial charge on any atom is 0.233 e. The van der Waals surface area contributed by atoms with E-state index in [2.05, 4.69) is 9.97 Å². The Bertz CT molecular complexity index is 992. The monoisotopic (exact) mass is 415 g/mol. The van der Waals surface area contributed by atoms with E-state index in [9.17, 15) is 4.79 Å². The van der Waals surface area contributed by atoms with Crippen molar-refractivity contribution in [2.45, 2.75) is 23.9 Å². The number of benzene rings is 1. The molecule has 1 fully saturated rings. The van der Waals surface area contributed by atoms with Crippen molar-refractivity contribution in [2.24, 2.45) is 0 Å². The van der Waals surface area contributed by atoms with Gasteiger partial charge in [0.2, 0.25) is 5.91 Å². The molecule has 4 rings (SSSR count). The number of aromatic nitrogens is 2. The molecule has 0 aliphatic carbocycles. The smallest absolute Gasteiger partial charge is 0.233 e. The second kappa shape index (κ2) is 8.36. The van der Waals surface area contributed by atoms with E-state index in [1.165, 1.54) is 11.8 Å². The number of methoxy groups -OCH3 is 2. The molecule has 1 amide bonds. The lowest BCUT2D eigenvalue weighted by atomic mass is 10.0. The van der Waals surface area contributed by atoms with E-state index < -0.39 is 0 Å².